The molecule has 0 saturated carbocycles. The quantitative estimate of drug-likeness (QED) is 0.501. The molecule has 1 aromatic carbocycles. The number of nitrogens with one attached hydrogen (secondary N) is 2. The van der Waals surface area contributed by atoms with Crippen molar-refractivity contribution in [1.29, 1.82) is 0 Å². The molecule has 0 aliphatic rings. The van der Waals surface area contributed by atoms with E-state index in [1.54, 1.807) is 0 Å². The van der Waals surface area contributed by atoms with E-state index in [0.29, 0.717) is 0 Å². The molecule has 6 heteroatoms. The number of benzene rings is 1. The van der Waals surface area contributed by atoms with Crippen molar-refractivity contribution in [3.8, 4) is 0 Å². The van der Waals surface area contributed by atoms with Crippen LogP contribution in [-0.4, -0.2) is 9.97 Å². The Morgan fingerprint density at radius 1 is 1.08 bits per heavy atom. The maximum atomic E-state index is 13.0. The van der Waals surface area contributed by atoms with Gasteiger partial charge in [0.2, 0.25) is 0 Å². The molecule has 0 atom stereocenters. The van der Waals surface area contributed by atoms with E-state index < -0.39 is 17.5 Å². The summed E-state index contributed by atoms with van der Waals surface area (Å²) in [4.78, 5) is 4.85. The van der Waals surface area contributed by atoms with Crippen LogP contribution < -0.4 is 0 Å². The molecule has 0 fully saturated rings. The second kappa shape index (κ2) is 2.59. The number of hydrogen-bond donors (Lipinski definition) is 2. The van der Waals surface area contributed by atoms with Gasteiger partial charge >= 0.3 is 0 Å². The molecule has 2 N–H and O–H groups in total. The number of fused-ring (bicyclic) bond motifs is 1. The SMILES string of the molecule is Fc1cc2[nH]c(=S)[nH]c2c(F)c1F. The van der Waals surface area contributed by atoms with E-state index in [9.17, 15) is 13.2 Å². The van der Waals surface area contributed by atoms with Gasteiger partial charge in [-0.05, 0) is 12.2 Å². The highest BCUT2D eigenvalue weighted by atomic mass is 32.1. The number of hydrogen-bond acceptors (Lipinski definition) is 1. The highest BCUT2D eigenvalue weighted by Gasteiger charge is 2.14. The molecule has 0 aliphatic carbocycles. The second-order valence-electron chi connectivity index (χ2n) is 2.49. The summed E-state index contributed by atoms with van der Waals surface area (Å²) in [6, 6.07) is 0.847. The van der Waals surface area contributed by atoms with Gasteiger partial charge in [-0.25, -0.2) is 13.2 Å². The molecule has 0 radical (unpaired) electrons. The molecule has 0 amide bonds. The van der Waals surface area contributed by atoms with Gasteiger partial charge < -0.3 is 9.97 Å². The lowest BCUT2D eigenvalue weighted by molar-refractivity contribution is 0.452. The van der Waals surface area contributed by atoms with Gasteiger partial charge in [-0.3, -0.25) is 0 Å². The van der Waals surface area contributed by atoms with E-state index in [1.165, 1.54) is 0 Å². The zero-order chi connectivity index (χ0) is 9.59. The monoisotopic (exact) mass is 204 g/mol. The van der Waals surface area contributed by atoms with E-state index >= 15 is 0 Å². The van der Waals surface area contributed by atoms with Gasteiger partial charge in [0.1, 0.15) is 5.52 Å². The summed E-state index contributed by atoms with van der Waals surface area (Å²) in [6.07, 6.45) is 0. The van der Waals surface area contributed by atoms with Crippen molar-refractivity contribution in [1.82, 2.24) is 9.97 Å². The zero-order valence-electron chi connectivity index (χ0n) is 6.12. The van der Waals surface area contributed by atoms with Crippen LogP contribution in [0.4, 0.5) is 13.2 Å². The summed E-state index contributed by atoms with van der Waals surface area (Å²) < 4.78 is 38.4. The Bertz CT molecular complexity index is 528. The van der Waals surface area contributed by atoms with Gasteiger partial charge in [0.15, 0.2) is 22.2 Å². The predicted octanol–water partition coefficient (Wildman–Crippen LogP) is 2.64. The normalized spacial score (nSPS) is 11.0. The van der Waals surface area contributed by atoms with Crippen molar-refractivity contribution >= 4 is 23.3 Å². The van der Waals surface area contributed by atoms with Crippen LogP contribution in [0, 0.1) is 22.2 Å². The summed E-state index contributed by atoms with van der Waals surface area (Å²) in [5.41, 5.74) is -0.0368. The molecule has 2 rings (SSSR count). The van der Waals surface area contributed by atoms with Crippen LogP contribution in [0.5, 0.6) is 0 Å². The fourth-order valence-corrected chi connectivity index (χ4v) is 1.29. The van der Waals surface area contributed by atoms with Gasteiger partial charge in [-0.2, -0.15) is 0 Å². The first-order chi connectivity index (χ1) is 6.09. The Hall–Kier alpha value is -1.30. The molecular formula is C7H3F3N2S. The Kier molecular flexibility index (Phi) is 1.66. The number of aromatic amines is 2. The Morgan fingerprint density at radius 3 is 2.46 bits per heavy atom. The van der Waals surface area contributed by atoms with Crippen LogP contribution in [0.25, 0.3) is 11.0 Å². The maximum Gasteiger partial charge on any atom is 0.196 e. The van der Waals surface area contributed by atoms with Gasteiger partial charge in [0, 0.05) is 6.07 Å². The van der Waals surface area contributed by atoms with E-state index in [0.717, 1.165) is 6.07 Å². The molecule has 2 aromatic rings. The molecule has 0 unspecified atom stereocenters. The molecule has 2 nitrogen and oxygen atoms in total. The topological polar surface area (TPSA) is 31.6 Å². The van der Waals surface area contributed by atoms with Crippen LogP contribution in [-0.2, 0) is 0 Å². The first-order valence-corrected chi connectivity index (χ1v) is 3.76. The predicted molar refractivity (Wildman–Crippen MR) is 43.4 cm³/mol. The Labute approximate surface area is 75.4 Å². The van der Waals surface area contributed by atoms with Crippen molar-refractivity contribution in [3.05, 3.63) is 28.3 Å². The molecule has 0 aliphatic heterocycles. The summed E-state index contributed by atoms with van der Waals surface area (Å²) in [5, 5.41) is 0. The van der Waals surface area contributed by atoms with Crippen molar-refractivity contribution in [2.75, 3.05) is 0 Å². The first-order valence-electron chi connectivity index (χ1n) is 3.35. The smallest absolute Gasteiger partial charge is 0.196 e. The van der Waals surface area contributed by atoms with Crippen LogP contribution in [0.3, 0.4) is 0 Å². The minimum atomic E-state index is -1.50. The van der Waals surface area contributed by atoms with E-state index in [-0.39, 0.29) is 15.8 Å². The van der Waals surface area contributed by atoms with Crippen molar-refractivity contribution in [2.45, 2.75) is 0 Å². The largest absolute Gasteiger partial charge is 0.331 e. The van der Waals surface area contributed by atoms with E-state index in [1.807, 2.05) is 0 Å². The molecule has 13 heavy (non-hydrogen) atoms. The zero-order valence-corrected chi connectivity index (χ0v) is 6.94. The fraction of sp³-hybridized carbons (Fsp3) is 0. The second-order valence-corrected chi connectivity index (χ2v) is 2.90. The van der Waals surface area contributed by atoms with Crippen molar-refractivity contribution in [3.63, 3.8) is 0 Å². The van der Waals surface area contributed by atoms with Crippen LogP contribution in [0.1, 0.15) is 0 Å². The molecule has 1 heterocycles. The minimum absolute atomic E-state index is 0.112. The lowest BCUT2D eigenvalue weighted by Gasteiger charge is -1.95. The molecule has 1 aromatic heterocycles. The van der Waals surface area contributed by atoms with E-state index in [2.05, 4.69) is 22.2 Å². The lowest BCUT2D eigenvalue weighted by atomic mass is 10.3. The van der Waals surface area contributed by atoms with Crippen molar-refractivity contribution in [2.24, 2.45) is 0 Å². The molecule has 68 valence electrons. The first kappa shape index (κ1) is 8.31. The average Bonchev–Trinajstić information content (AvgIpc) is 2.42. The number of rotatable bonds is 0. The number of H-pyrrole nitrogens is 2. The summed E-state index contributed by atoms with van der Waals surface area (Å²) in [7, 11) is 0. The van der Waals surface area contributed by atoms with Crippen LogP contribution in [0.15, 0.2) is 6.07 Å². The average molecular weight is 204 g/mol. The molecular weight excluding hydrogens is 201 g/mol. The van der Waals surface area contributed by atoms with Gasteiger partial charge in [0.25, 0.3) is 0 Å². The fourth-order valence-electron chi connectivity index (χ4n) is 1.08. The van der Waals surface area contributed by atoms with Crippen molar-refractivity contribution < 1.29 is 13.2 Å². The number of halogens is 3. The third-order valence-corrected chi connectivity index (χ3v) is 1.85. The Morgan fingerprint density at radius 2 is 1.77 bits per heavy atom. The van der Waals surface area contributed by atoms with Gasteiger partial charge in [0.05, 0.1) is 5.52 Å². The maximum absolute atomic E-state index is 13.0. The highest BCUT2D eigenvalue weighted by Crippen LogP contribution is 2.19. The minimum Gasteiger partial charge on any atom is -0.331 e. The number of imidazole rings is 1. The standard InChI is InChI=1S/C7H3F3N2S/c8-2-1-3-6(5(10)4(2)9)12-7(13)11-3/h1H,(H2,11,12,13). The molecule has 0 saturated heterocycles. The third-order valence-electron chi connectivity index (χ3n) is 1.65. The summed E-state index contributed by atoms with van der Waals surface area (Å²) >= 11 is 4.64. The summed E-state index contributed by atoms with van der Waals surface area (Å²) in [6.45, 7) is 0. The highest BCUT2D eigenvalue weighted by molar-refractivity contribution is 7.71. The van der Waals surface area contributed by atoms with Gasteiger partial charge in [-0.1, -0.05) is 0 Å². The molecule has 0 bridgehead atoms. The van der Waals surface area contributed by atoms with E-state index in [4.69, 9.17) is 0 Å². The summed E-state index contributed by atoms with van der Waals surface area (Å²) in [5.74, 6) is -4.00. The van der Waals surface area contributed by atoms with Crippen LogP contribution >= 0.6 is 12.2 Å². The van der Waals surface area contributed by atoms with Crippen LogP contribution in [0.2, 0.25) is 0 Å². The molecule has 0 spiro atoms. The Balaban J connectivity index is 3.00. The number of aromatic nitrogens is 2. The van der Waals surface area contributed by atoms with Gasteiger partial charge in [-0.15, -0.1) is 0 Å². The third kappa shape index (κ3) is 1.14. The lowest BCUT2D eigenvalue weighted by Crippen LogP contribution is -1.91.